The van der Waals surface area contributed by atoms with Crippen LogP contribution in [0.4, 0.5) is 0 Å². The molecular weight excluding hydrogens is 476 g/mol. The van der Waals surface area contributed by atoms with E-state index in [2.05, 4.69) is 122 Å². The molecule has 0 fully saturated rings. The molecule has 0 unspecified atom stereocenters. The summed E-state index contributed by atoms with van der Waals surface area (Å²) in [5.74, 6) is 0. The topological polar surface area (TPSA) is 0 Å². The summed E-state index contributed by atoms with van der Waals surface area (Å²) in [5, 5.41) is 5.41. The van der Waals surface area contributed by atoms with E-state index in [0.29, 0.717) is 0 Å². The Kier molecular flexibility index (Phi) is 5.95. The molecule has 0 spiro atoms. The Morgan fingerprint density at radius 2 is 1.58 bits per heavy atom. The van der Waals surface area contributed by atoms with Gasteiger partial charge in [0.15, 0.2) is 0 Å². The number of aryl methyl sites for hydroxylation is 1. The third kappa shape index (κ3) is 3.99. The van der Waals surface area contributed by atoms with Crippen LogP contribution in [0.15, 0.2) is 103 Å². The fourth-order valence-corrected chi connectivity index (χ4v) is 7.15. The molecule has 1 aliphatic rings. The molecule has 0 atom stereocenters. The number of benzene rings is 5. The number of rotatable bonds is 5. The van der Waals surface area contributed by atoms with Gasteiger partial charge in [0.1, 0.15) is 0 Å². The van der Waals surface area contributed by atoms with Crippen LogP contribution in [0.1, 0.15) is 42.9 Å². The first-order chi connectivity index (χ1) is 18.8. The Morgan fingerprint density at radius 3 is 2.53 bits per heavy atom. The van der Waals surface area contributed by atoms with E-state index in [9.17, 15) is 0 Å². The summed E-state index contributed by atoms with van der Waals surface area (Å²) in [4.78, 5) is 0. The van der Waals surface area contributed by atoms with Gasteiger partial charge >= 0.3 is 0 Å². The molecule has 0 saturated heterocycles. The Labute approximate surface area is 228 Å². The van der Waals surface area contributed by atoms with E-state index in [1.807, 2.05) is 11.3 Å². The normalized spacial score (nSPS) is 13.2. The van der Waals surface area contributed by atoms with Crippen LogP contribution in [0.2, 0.25) is 0 Å². The average Bonchev–Trinajstić information content (AvgIpc) is 3.36. The molecular formula is C37H30S. The lowest BCUT2D eigenvalue weighted by molar-refractivity contribution is 0.962. The summed E-state index contributed by atoms with van der Waals surface area (Å²) in [7, 11) is 0. The monoisotopic (exact) mass is 506 g/mol. The van der Waals surface area contributed by atoms with Gasteiger partial charge in [0.2, 0.25) is 0 Å². The van der Waals surface area contributed by atoms with Gasteiger partial charge in [-0.15, -0.1) is 11.3 Å². The first-order valence-electron chi connectivity index (χ1n) is 13.7. The summed E-state index contributed by atoms with van der Waals surface area (Å²) >= 11 is 1.90. The molecule has 1 heterocycles. The number of allylic oxidation sites excluding steroid dienone is 2. The first kappa shape index (κ1) is 23.2. The lowest BCUT2D eigenvalue weighted by atomic mass is 9.87. The van der Waals surface area contributed by atoms with Crippen molar-refractivity contribution in [1.29, 1.82) is 0 Å². The highest BCUT2D eigenvalue weighted by Crippen LogP contribution is 2.41. The minimum Gasteiger partial charge on any atom is -0.135 e. The van der Waals surface area contributed by atoms with Crippen molar-refractivity contribution in [3.05, 3.63) is 120 Å². The highest BCUT2D eigenvalue weighted by molar-refractivity contribution is 7.26. The van der Waals surface area contributed by atoms with Gasteiger partial charge in [-0.05, 0) is 87.2 Å². The average molecular weight is 507 g/mol. The van der Waals surface area contributed by atoms with Crippen molar-refractivity contribution >= 4 is 54.4 Å². The predicted molar refractivity (Wildman–Crippen MR) is 169 cm³/mol. The summed E-state index contributed by atoms with van der Waals surface area (Å²) in [6.07, 6.45) is 13.9. The lowest BCUT2D eigenvalue weighted by Gasteiger charge is -2.17. The van der Waals surface area contributed by atoms with Crippen molar-refractivity contribution in [3.8, 4) is 22.3 Å². The molecule has 0 N–H and O–H groups in total. The standard InChI is InChI=1S/C37H30S/c1-2-3-4-11-28-23-27-12-5-6-15-30(27)35-24-26(20-21-31(28)35)25-13-9-14-29(22-25)32-17-10-18-34-33-16-7-8-19-36(33)38-37(32)34/h4,6-11,13-24H,2-3,5,12H2,1H3/b11-4-. The maximum absolute atomic E-state index is 2.42. The molecule has 1 heteroatoms. The second kappa shape index (κ2) is 9.74. The number of thiophene rings is 1. The molecule has 0 radical (unpaired) electrons. The maximum atomic E-state index is 2.42. The number of hydrogen-bond donors (Lipinski definition) is 0. The van der Waals surface area contributed by atoms with Gasteiger partial charge < -0.3 is 0 Å². The summed E-state index contributed by atoms with van der Waals surface area (Å²) in [5.41, 5.74) is 9.35. The van der Waals surface area contributed by atoms with Crippen molar-refractivity contribution in [2.45, 2.75) is 32.6 Å². The van der Waals surface area contributed by atoms with Crippen LogP contribution in [0.25, 0.3) is 65.4 Å². The Bertz CT molecular complexity index is 1880. The molecule has 1 aliphatic carbocycles. The highest BCUT2D eigenvalue weighted by Gasteiger charge is 2.14. The second-order valence-corrected chi connectivity index (χ2v) is 11.3. The van der Waals surface area contributed by atoms with Gasteiger partial charge in [-0.25, -0.2) is 0 Å². The van der Waals surface area contributed by atoms with Crippen molar-refractivity contribution in [2.24, 2.45) is 0 Å². The molecule has 0 bridgehead atoms. The van der Waals surface area contributed by atoms with E-state index >= 15 is 0 Å². The van der Waals surface area contributed by atoms with Crippen LogP contribution in [-0.2, 0) is 6.42 Å². The highest BCUT2D eigenvalue weighted by atomic mass is 32.1. The van der Waals surface area contributed by atoms with Gasteiger partial charge in [-0.3, -0.25) is 0 Å². The van der Waals surface area contributed by atoms with Crippen molar-refractivity contribution in [2.75, 3.05) is 0 Å². The molecule has 0 saturated carbocycles. The molecule has 38 heavy (non-hydrogen) atoms. The first-order valence-corrected chi connectivity index (χ1v) is 14.6. The van der Waals surface area contributed by atoms with E-state index < -0.39 is 0 Å². The fourth-order valence-electron chi connectivity index (χ4n) is 5.91. The molecule has 7 rings (SSSR count). The summed E-state index contributed by atoms with van der Waals surface area (Å²) in [6, 6.07) is 34.0. The van der Waals surface area contributed by atoms with Crippen LogP contribution in [-0.4, -0.2) is 0 Å². The van der Waals surface area contributed by atoms with E-state index in [1.54, 1.807) is 0 Å². The second-order valence-electron chi connectivity index (χ2n) is 10.3. The SMILES string of the molecule is CCC/C=C\c1cc2c(c3cc(-c4cccc(-c5cccc6c5sc5ccccc56)c4)ccc13)C=CCC2. The zero-order valence-electron chi connectivity index (χ0n) is 21.7. The van der Waals surface area contributed by atoms with Gasteiger partial charge in [-0.1, -0.05) is 110 Å². The largest absolute Gasteiger partial charge is 0.135 e. The lowest BCUT2D eigenvalue weighted by Crippen LogP contribution is -1.97. The number of hydrogen-bond acceptors (Lipinski definition) is 1. The molecule has 184 valence electrons. The smallest absolute Gasteiger partial charge is 0.0433 e. The van der Waals surface area contributed by atoms with Crippen LogP contribution in [0, 0.1) is 0 Å². The van der Waals surface area contributed by atoms with Gasteiger partial charge in [0.25, 0.3) is 0 Å². The minimum absolute atomic E-state index is 1.12. The summed E-state index contributed by atoms with van der Waals surface area (Å²) in [6.45, 7) is 2.24. The molecule has 0 amide bonds. The fraction of sp³-hybridized carbons (Fsp3) is 0.135. The Morgan fingerprint density at radius 1 is 0.737 bits per heavy atom. The molecule has 6 aromatic rings. The van der Waals surface area contributed by atoms with Crippen molar-refractivity contribution < 1.29 is 0 Å². The number of fused-ring (bicyclic) bond motifs is 6. The number of unbranched alkanes of at least 4 members (excludes halogenated alkanes) is 1. The van der Waals surface area contributed by atoms with Crippen molar-refractivity contribution in [3.63, 3.8) is 0 Å². The van der Waals surface area contributed by atoms with Crippen LogP contribution < -0.4 is 0 Å². The molecule has 5 aromatic carbocycles. The third-order valence-electron chi connectivity index (χ3n) is 7.83. The van der Waals surface area contributed by atoms with Crippen LogP contribution in [0.3, 0.4) is 0 Å². The quantitative estimate of drug-likeness (QED) is 0.218. The molecule has 0 nitrogen and oxygen atoms in total. The van der Waals surface area contributed by atoms with Gasteiger partial charge in [-0.2, -0.15) is 0 Å². The minimum atomic E-state index is 1.12. The predicted octanol–water partition coefficient (Wildman–Crippen LogP) is 11.3. The van der Waals surface area contributed by atoms with E-state index in [1.165, 1.54) is 76.3 Å². The van der Waals surface area contributed by atoms with Crippen molar-refractivity contribution in [1.82, 2.24) is 0 Å². The maximum Gasteiger partial charge on any atom is 0.0433 e. The van der Waals surface area contributed by atoms with Gasteiger partial charge in [0, 0.05) is 20.2 Å². The van der Waals surface area contributed by atoms with E-state index in [-0.39, 0.29) is 0 Å². The molecule has 0 aliphatic heterocycles. The zero-order chi connectivity index (χ0) is 25.5. The zero-order valence-corrected chi connectivity index (χ0v) is 22.5. The summed E-state index contributed by atoms with van der Waals surface area (Å²) < 4.78 is 2.72. The Balaban J connectivity index is 1.37. The van der Waals surface area contributed by atoms with E-state index in [4.69, 9.17) is 0 Å². The Hall–Kier alpha value is -3.94. The van der Waals surface area contributed by atoms with E-state index in [0.717, 1.165) is 19.3 Å². The van der Waals surface area contributed by atoms with Gasteiger partial charge in [0.05, 0.1) is 0 Å². The van der Waals surface area contributed by atoms with Crippen LogP contribution >= 0.6 is 11.3 Å². The third-order valence-corrected chi connectivity index (χ3v) is 9.05. The van der Waals surface area contributed by atoms with Crippen LogP contribution in [0.5, 0.6) is 0 Å². The molecule has 1 aromatic heterocycles.